The van der Waals surface area contributed by atoms with Gasteiger partial charge in [-0.2, -0.15) is 0 Å². The molecule has 136 valence electrons. The monoisotopic (exact) mass is 339 g/mol. The Balaban J connectivity index is 1.78. The smallest absolute Gasteiger partial charge is 0.122 e. The van der Waals surface area contributed by atoms with Crippen LogP contribution in [-0.2, 0) is 0 Å². The normalized spacial score (nSPS) is 11.4. The van der Waals surface area contributed by atoms with Crippen LogP contribution in [-0.4, -0.2) is 13.2 Å². The summed E-state index contributed by atoms with van der Waals surface area (Å²) in [7, 11) is 0. The van der Waals surface area contributed by atoms with Gasteiger partial charge in [0.05, 0.1) is 6.61 Å². The highest BCUT2D eigenvalue weighted by molar-refractivity contribution is 5.48. The highest BCUT2D eigenvalue weighted by Crippen LogP contribution is 2.25. The third-order valence-corrected chi connectivity index (χ3v) is 4.59. The molecule has 0 heterocycles. The largest absolute Gasteiger partial charge is 0.493 e. The lowest BCUT2D eigenvalue weighted by Gasteiger charge is -2.26. The van der Waals surface area contributed by atoms with E-state index in [9.17, 15) is 0 Å². The predicted molar refractivity (Wildman–Crippen MR) is 109 cm³/mol. The lowest BCUT2D eigenvalue weighted by Crippen LogP contribution is -2.23. The molecule has 2 aromatic carbocycles. The van der Waals surface area contributed by atoms with Crippen LogP contribution in [0.2, 0.25) is 0 Å². The second-order valence-electron chi connectivity index (χ2n) is 8.12. The highest BCUT2D eigenvalue weighted by atomic mass is 16.5. The molecule has 0 radical (unpaired) electrons. The van der Waals surface area contributed by atoms with E-state index in [0.29, 0.717) is 0 Å². The Hall–Kier alpha value is -1.96. The minimum Gasteiger partial charge on any atom is -0.493 e. The Morgan fingerprint density at radius 3 is 2.24 bits per heavy atom. The van der Waals surface area contributed by atoms with Crippen LogP contribution >= 0.6 is 0 Å². The summed E-state index contributed by atoms with van der Waals surface area (Å²) >= 11 is 0. The number of ether oxygens (including phenoxy) is 1. The first-order valence-electron chi connectivity index (χ1n) is 9.27. The molecule has 0 bridgehead atoms. The molecule has 0 atom stereocenters. The summed E-state index contributed by atoms with van der Waals surface area (Å²) in [5.41, 5.74) is 6.53. The molecule has 25 heavy (non-hydrogen) atoms. The summed E-state index contributed by atoms with van der Waals surface area (Å²) < 4.78 is 5.99. The maximum absolute atomic E-state index is 5.99. The van der Waals surface area contributed by atoms with Gasteiger partial charge < -0.3 is 10.1 Å². The van der Waals surface area contributed by atoms with E-state index >= 15 is 0 Å². The van der Waals surface area contributed by atoms with Gasteiger partial charge in [0.25, 0.3) is 0 Å². The molecule has 2 heteroatoms. The number of nitrogens with one attached hydrogen (secondary N) is 1. The Morgan fingerprint density at radius 1 is 0.880 bits per heavy atom. The molecule has 0 aliphatic heterocycles. The van der Waals surface area contributed by atoms with Crippen molar-refractivity contribution in [3.05, 3.63) is 58.7 Å². The van der Waals surface area contributed by atoms with Crippen molar-refractivity contribution in [2.45, 2.75) is 54.4 Å². The van der Waals surface area contributed by atoms with Crippen molar-refractivity contribution in [1.82, 2.24) is 0 Å². The summed E-state index contributed by atoms with van der Waals surface area (Å²) in [6, 6.07) is 13.0. The highest BCUT2D eigenvalue weighted by Gasteiger charge is 2.17. The van der Waals surface area contributed by atoms with Gasteiger partial charge in [-0.3, -0.25) is 0 Å². The third-order valence-electron chi connectivity index (χ3n) is 4.59. The number of hydrogen-bond donors (Lipinski definition) is 1. The van der Waals surface area contributed by atoms with Crippen LogP contribution in [0.25, 0.3) is 0 Å². The SMILES string of the molecule is Cc1cc(C)cc(NCC(C)(C)CCCOc2cc(C)ccc2C)c1. The quantitative estimate of drug-likeness (QED) is 0.577. The van der Waals surface area contributed by atoms with Gasteiger partial charge in [-0.15, -0.1) is 0 Å². The van der Waals surface area contributed by atoms with Crippen LogP contribution in [0.1, 0.15) is 48.9 Å². The molecule has 0 fully saturated rings. The predicted octanol–water partition coefficient (Wildman–Crippen LogP) is 6.22. The van der Waals surface area contributed by atoms with Crippen molar-refractivity contribution in [3.8, 4) is 5.75 Å². The second-order valence-corrected chi connectivity index (χ2v) is 8.12. The molecular weight excluding hydrogens is 306 g/mol. The maximum atomic E-state index is 5.99. The van der Waals surface area contributed by atoms with Gasteiger partial charge in [0, 0.05) is 12.2 Å². The zero-order valence-electron chi connectivity index (χ0n) is 16.7. The van der Waals surface area contributed by atoms with Gasteiger partial charge in [-0.25, -0.2) is 0 Å². The molecule has 0 aliphatic rings. The zero-order valence-corrected chi connectivity index (χ0v) is 16.7. The molecular formula is C23H33NO. The van der Waals surface area contributed by atoms with E-state index < -0.39 is 0 Å². The van der Waals surface area contributed by atoms with Crippen LogP contribution in [0.3, 0.4) is 0 Å². The van der Waals surface area contributed by atoms with Crippen molar-refractivity contribution in [1.29, 1.82) is 0 Å². The molecule has 0 spiro atoms. The first-order valence-corrected chi connectivity index (χ1v) is 9.27. The molecule has 2 rings (SSSR count). The lowest BCUT2D eigenvalue weighted by atomic mass is 9.88. The van der Waals surface area contributed by atoms with Crippen LogP contribution in [0.15, 0.2) is 36.4 Å². The van der Waals surface area contributed by atoms with Gasteiger partial charge in [-0.1, -0.05) is 32.0 Å². The number of anilines is 1. The summed E-state index contributed by atoms with van der Waals surface area (Å²) in [5.74, 6) is 1.02. The van der Waals surface area contributed by atoms with Gasteiger partial charge in [-0.05, 0) is 86.4 Å². The van der Waals surface area contributed by atoms with Gasteiger partial charge in [0.2, 0.25) is 0 Å². The standard InChI is InChI=1S/C23H33NO/c1-17-8-9-20(4)22(15-17)25-11-7-10-23(5,6)16-24-21-13-18(2)12-19(3)14-21/h8-9,12-15,24H,7,10-11,16H2,1-6H3. The molecule has 1 N–H and O–H groups in total. The summed E-state index contributed by atoms with van der Waals surface area (Å²) in [6.45, 7) is 14.9. The molecule has 2 nitrogen and oxygen atoms in total. The third kappa shape index (κ3) is 6.45. The Bertz CT molecular complexity index is 683. The van der Waals surface area contributed by atoms with E-state index in [4.69, 9.17) is 4.74 Å². The first-order chi connectivity index (χ1) is 11.7. The van der Waals surface area contributed by atoms with Crippen molar-refractivity contribution in [2.75, 3.05) is 18.5 Å². The van der Waals surface area contributed by atoms with Crippen molar-refractivity contribution in [2.24, 2.45) is 5.41 Å². The number of benzene rings is 2. The topological polar surface area (TPSA) is 21.3 Å². The zero-order chi connectivity index (χ0) is 18.4. The van der Waals surface area contributed by atoms with Crippen molar-refractivity contribution in [3.63, 3.8) is 0 Å². The van der Waals surface area contributed by atoms with Gasteiger partial charge in [0.1, 0.15) is 5.75 Å². The molecule has 0 unspecified atom stereocenters. The van der Waals surface area contributed by atoms with E-state index in [1.807, 2.05) is 0 Å². The van der Waals surface area contributed by atoms with E-state index in [1.165, 1.54) is 27.9 Å². The Kier molecular flexibility index (Phi) is 6.52. The number of rotatable bonds is 8. The van der Waals surface area contributed by atoms with Crippen molar-refractivity contribution >= 4 is 5.69 Å². The minimum atomic E-state index is 0.239. The Morgan fingerprint density at radius 2 is 1.56 bits per heavy atom. The van der Waals surface area contributed by atoms with E-state index in [1.54, 1.807) is 0 Å². The lowest BCUT2D eigenvalue weighted by molar-refractivity contribution is 0.263. The maximum Gasteiger partial charge on any atom is 0.122 e. The van der Waals surface area contributed by atoms with Crippen LogP contribution in [0, 0.1) is 33.1 Å². The van der Waals surface area contributed by atoms with Gasteiger partial charge in [0.15, 0.2) is 0 Å². The van der Waals surface area contributed by atoms with E-state index in [0.717, 1.165) is 31.7 Å². The molecule has 0 saturated heterocycles. The molecule has 0 saturated carbocycles. The van der Waals surface area contributed by atoms with E-state index in [2.05, 4.69) is 83.3 Å². The average molecular weight is 340 g/mol. The van der Waals surface area contributed by atoms with Crippen molar-refractivity contribution < 1.29 is 4.74 Å². The average Bonchev–Trinajstić information content (AvgIpc) is 2.52. The summed E-state index contributed by atoms with van der Waals surface area (Å²) in [6.07, 6.45) is 2.20. The summed E-state index contributed by atoms with van der Waals surface area (Å²) in [5, 5.41) is 3.60. The molecule has 0 amide bonds. The Labute approximate surface area is 153 Å². The minimum absolute atomic E-state index is 0.239. The van der Waals surface area contributed by atoms with E-state index in [-0.39, 0.29) is 5.41 Å². The number of aryl methyl sites for hydroxylation is 4. The number of hydrogen-bond acceptors (Lipinski definition) is 2. The van der Waals surface area contributed by atoms with Crippen LogP contribution in [0.5, 0.6) is 5.75 Å². The molecule has 0 aliphatic carbocycles. The molecule has 2 aromatic rings. The van der Waals surface area contributed by atoms with Crippen LogP contribution in [0.4, 0.5) is 5.69 Å². The van der Waals surface area contributed by atoms with Gasteiger partial charge >= 0.3 is 0 Å². The molecule has 0 aromatic heterocycles. The first kappa shape index (κ1) is 19.4. The summed E-state index contributed by atoms with van der Waals surface area (Å²) in [4.78, 5) is 0. The second kappa shape index (κ2) is 8.42. The fourth-order valence-corrected chi connectivity index (χ4v) is 3.10. The fraction of sp³-hybridized carbons (Fsp3) is 0.478. The fourth-order valence-electron chi connectivity index (χ4n) is 3.10. The van der Waals surface area contributed by atoms with Crippen LogP contribution < -0.4 is 10.1 Å².